The minimum atomic E-state index is 0.481. The van der Waals surface area contributed by atoms with Crippen LogP contribution in [0.1, 0.15) is 34.9 Å². The molecule has 94 valence electrons. The van der Waals surface area contributed by atoms with Gasteiger partial charge in [-0.25, -0.2) is 4.79 Å². The van der Waals surface area contributed by atoms with Crippen LogP contribution in [0, 0.1) is 6.92 Å². The molecule has 2 aromatic carbocycles. The van der Waals surface area contributed by atoms with Crippen LogP contribution in [-0.2, 0) is 4.79 Å². The van der Waals surface area contributed by atoms with Gasteiger partial charge in [-0.2, -0.15) is 4.99 Å². The number of aryl methyl sites for hydroxylation is 1. The third-order valence-corrected chi connectivity index (χ3v) is 3.84. The van der Waals surface area contributed by atoms with Gasteiger partial charge >= 0.3 is 0 Å². The normalized spacial score (nSPS) is 20.7. The van der Waals surface area contributed by atoms with Gasteiger partial charge in [0.25, 0.3) is 0 Å². The van der Waals surface area contributed by atoms with Crippen LogP contribution in [0.4, 0.5) is 5.69 Å². The number of hydrogen-bond acceptors (Lipinski definition) is 2. The monoisotopic (exact) mass is 249 g/mol. The summed E-state index contributed by atoms with van der Waals surface area (Å²) in [7, 11) is 0. The Morgan fingerprint density at radius 3 is 2.58 bits per heavy atom. The fourth-order valence-corrected chi connectivity index (χ4v) is 2.79. The van der Waals surface area contributed by atoms with E-state index in [1.54, 1.807) is 6.08 Å². The Hall–Kier alpha value is -2.18. The maximum absolute atomic E-state index is 10.6. The van der Waals surface area contributed by atoms with Crippen LogP contribution in [-0.4, -0.2) is 6.08 Å². The van der Waals surface area contributed by atoms with Crippen LogP contribution in [0.25, 0.3) is 0 Å². The van der Waals surface area contributed by atoms with Crippen molar-refractivity contribution >= 4 is 11.8 Å². The number of rotatable bonds is 3. The number of para-hydroxylation sites is 1. The molecule has 0 unspecified atom stereocenters. The zero-order chi connectivity index (χ0) is 13.2. The summed E-state index contributed by atoms with van der Waals surface area (Å²) in [6.45, 7) is 1.99. The zero-order valence-corrected chi connectivity index (χ0v) is 10.8. The van der Waals surface area contributed by atoms with E-state index in [2.05, 4.69) is 35.3 Å². The smallest absolute Gasteiger partial charge is 0.211 e. The molecule has 19 heavy (non-hydrogen) atoms. The van der Waals surface area contributed by atoms with Crippen LogP contribution >= 0.6 is 0 Å². The predicted molar refractivity (Wildman–Crippen MR) is 75.5 cm³/mol. The van der Waals surface area contributed by atoms with E-state index in [-0.39, 0.29) is 0 Å². The van der Waals surface area contributed by atoms with Gasteiger partial charge in [-0.3, -0.25) is 0 Å². The Morgan fingerprint density at radius 1 is 1.05 bits per heavy atom. The van der Waals surface area contributed by atoms with Crippen LogP contribution in [0.3, 0.4) is 0 Å². The summed E-state index contributed by atoms with van der Waals surface area (Å²) in [4.78, 5) is 14.5. The Kier molecular flexibility index (Phi) is 3.02. The van der Waals surface area contributed by atoms with Gasteiger partial charge in [-0.05, 0) is 41.9 Å². The lowest BCUT2D eigenvalue weighted by Crippen LogP contribution is -1.87. The van der Waals surface area contributed by atoms with Gasteiger partial charge in [-0.15, -0.1) is 0 Å². The fourth-order valence-electron chi connectivity index (χ4n) is 2.79. The molecule has 0 amide bonds. The second-order valence-corrected chi connectivity index (χ2v) is 5.08. The minimum absolute atomic E-state index is 0.481. The van der Waals surface area contributed by atoms with Gasteiger partial charge < -0.3 is 0 Å². The van der Waals surface area contributed by atoms with E-state index in [9.17, 15) is 4.79 Å². The molecule has 2 heteroatoms. The molecular weight excluding hydrogens is 234 g/mol. The van der Waals surface area contributed by atoms with Crippen LogP contribution in [0.15, 0.2) is 53.5 Å². The molecule has 1 aliphatic rings. The lowest BCUT2D eigenvalue weighted by molar-refractivity contribution is 0.565. The first-order chi connectivity index (χ1) is 9.31. The summed E-state index contributed by atoms with van der Waals surface area (Å²) in [6.07, 6.45) is 2.81. The van der Waals surface area contributed by atoms with E-state index >= 15 is 0 Å². The van der Waals surface area contributed by atoms with Gasteiger partial charge in [0, 0.05) is 0 Å². The molecule has 1 aliphatic carbocycles. The molecule has 0 spiro atoms. The Balaban J connectivity index is 1.94. The fraction of sp³-hybridized carbons (Fsp3) is 0.235. The summed E-state index contributed by atoms with van der Waals surface area (Å²) in [5.74, 6) is 1.04. The second kappa shape index (κ2) is 4.83. The Morgan fingerprint density at radius 2 is 1.84 bits per heavy atom. The molecule has 1 saturated carbocycles. The molecule has 0 aromatic heterocycles. The molecule has 3 rings (SSSR count). The van der Waals surface area contributed by atoms with Gasteiger partial charge in [0.15, 0.2) is 0 Å². The molecule has 0 aliphatic heterocycles. The number of benzene rings is 2. The van der Waals surface area contributed by atoms with E-state index in [0.29, 0.717) is 11.8 Å². The van der Waals surface area contributed by atoms with Crippen LogP contribution in [0.5, 0.6) is 0 Å². The van der Waals surface area contributed by atoms with E-state index < -0.39 is 0 Å². The number of nitrogens with zero attached hydrogens (tertiary/aromatic N) is 1. The van der Waals surface area contributed by atoms with Crippen LogP contribution in [0.2, 0.25) is 0 Å². The average Bonchev–Trinajstić information content (AvgIpc) is 3.22. The highest BCUT2D eigenvalue weighted by atomic mass is 16.1. The summed E-state index contributed by atoms with van der Waals surface area (Å²) >= 11 is 0. The zero-order valence-electron chi connectivity index (χ0n) is 10.8. The summed E-state index contributed by atoms with van der Waals surface area (Å²) in [5.41, 5.74) is 4.40. The summed E-state index contributed by atoms with van der Waals surface area (Å²) < 4.78 is 0. The van der Waals surface area contributed by atoms with Crippen molar-refractivity contribution in [1.82, 2.24) is 0 Å². The van der Waals surface area contributed by atoms with Gasteiger partial charge in [-0.1, -0.05) is 48.5 Å². The Bertz CT molecular complexity index is 642. The molecule has 0 radical (unpaired) electrons. The van der Waals surface area contributed by atoms with E-state index in [1.165, 1.54) is 11.1 Å². The molecule has 2 atom stereocenters. The van der Waals surface area contributed by atoms with Crippen molar-refractivity contribution in [3.05, 3.63) is 65.2 Å². The van der Waals surface area contributed by atoms with Gasteiger partial charge in [0.2, 0.25) is 6.08 Å². The maximum Gasteiger partial charge on any atom is 0.240 e. The van der Waals surface area contributed by atoms with Crippen LogP contribution < -0.4 is 0 Å². The quantitative estimate of drug-likeness (QED) is 0.591. The molecule has 0 saturated heterocycles. The standard InChI is InChI=1S/C17H15NO/c1-12-6-5-9-14(17(12)18-11-19)16-10-15(16)13-7-3-2-4-8-13/h2-9,15-16H,10H2,1H3/t15-,16-/m0/s1. The van der Waals surface area contributed by atoms with Gasteiger partial charge in [0.05, 0.1) is 5.69 Å². The van der Waals surface area contributed by atoms with Crippen molar-refractivity contribution in [2.45, 2.75) is 25.2 Å². The highest BCUT2D eigenvalue weighted by Crippen LogP contribution is 2.56. The average molecular weight is 249 g/mol. The second-order valence-electron chi connectivity index (χ2n) is 5.08. The number of hydrogen-bond donors (Lipinski definition) is 0. The molecule has 2 nitrogen and oxygen atoms in total. The molecular formula is C17H15NO. The van der Waals surface area contributed by atoms with Gasteiger partial charge in [0.1, 0.15) is 0 Å². The molecule has 0 heterocycles. The number of isocyanates is 1. The summed E-state index contributed by atoms with van der Waals surface area (Å²) in [6, 6.07) is 16.6. The van der Waals surface area contributed by atoms with Crippen molar-refractivity contribution in [2.24, 2.45) is 4.99 Å². The van der Waals surface area contributed by atoms with Crippen molar-refractivity contribution in [1.29, 1.82) is 0 Å². The lowest BCUT2D eigenvalue weighted by Gasteiger charge is -2.07. The van der Waals surface area contributed by atoms with Crippen molar-refractivity contribution in [3.63, 3.8) is 0 Å². The largest absolute Gasteiger partial charge is 0.240 e. The minimum Gasteiger partial charge on any atom is -0.211 e. The number of carbonyl (C=O) groups excluding carboxylic acids is 1. The van der Waals surface area contributed by atoms with E-state index in [1.807, 2.05) is 25.1 Å². The molecule has 2 aromatic rings. The first kappa shape index (κ1) is 11.9. The SMILES string of the molecule is Cc1cccc([C@@H]2C[C@H]2c2ccccc2)c1N=C=O. The predicted octanol–water partition coefficient (Wildman–Crippen LogP) is 4.23. The molecule has 1 fully saturated rings. The van der Waals surface area contributed by atoms with Crippen molar-refractivity contribution in [2.75, 3.05) is 0 Å². The first-order valence-electron chi connectivity index (χ1n) is 6.53. The molecule has 0 bridgehead atoms. The summed E-state index contributed by atoms with van der Waals surface area (Å²) in [5, 5.41) is 0. The van der Waals surface area contributed by atoms with E-state index in [0.717, 1.165) is 17.7 Å². The number of aliphatic imine (C=N–C) groups is 1. The topological polar surface area (TPSA) is 29.4 Å². The van der Waals surface area contributed by atoms with Crippen molar-refractivity contribution < 1.29 is 4.79 Å². The first-order valence-corrected chi connectivity index (χ1v) is 6.53. The van der Waals surface area contributed by atoms with E-state index in [4.69, 9.17) is 0 Å². The Labute approximate surface area is 112 Å². The lowest BCUT2D eigenvalue weighted by atomic mass is 10.0. The van der Waals surface area contributed by atoms with Crippen molar-refractivity contribution in [3.8, 4) is 0 Å². The third-order valence-electron chi connectivity index (χ3n) is 3.84. The highest BCUT2D eigenvalue weighted by molar-refractivity contribution is 5.61. The molecule has 0 N–H and O–H groups in total. The maximum atomic E-state index is 10.6. The highest BCUT2D eigenvalue weighted by Gasteiger charge is 2.40. The third kappa shape index (κ3) is 2.23.